The molecular formula is C41H39BrO12. The molecule has 0 aliphatic heterocycles. The Hall–Kier alpha value is -5.71. The van der Waals surface area contributed by atoms with Gasteiger partial charge >= 0.3 is 23.9 Å². The molecule has 13 heteroatoms. The van der Waals surface area contributed by atoms with Crippen LogP contribution in [0, 0.1) is 67.2 Å². The van der Waals surface area contributed by atoms with Crippen molar-refractivity contribution < 1.29 is 58.2 Å². The molecule has 3 aromatic rings. The number of aromatic carboxylic acids is 1. The van der Waals surface area contributed by atoms with E-state index in [0.717, 1.165) is 12.2 Å². The van der Waals surface area contributed by atoms with E-state index in [2.05, 4.69) is 27.8 Å². The second kappa shape index (κ2) is 15.3. The predicted octanol–water partition coefficient (Wildman–Crippen LogP) is 6.83. The average Bonchev–Trinajstić information content (AvgIpc) is 3.10. The Morgan fingerprint density at radius 2 is 1.28 bits per heavy atom. The van der Waals surface area contributed by atoms with E-state index in [0.29, 0.717) is 33.4 Å². The highest BCUT2D eigenvalue weighted by Crippen LogP contribution is 2.44. The van der Waals surface area contributed by atoms with Gasteiger partial charge in [-0.1, -0.05) is 5.92 Å². The van der Waals surface area contributed by atoms with Crippen LogP contribution < -0.4 is 14.2 Å². The summed E-state index contributed by atoms with van der Waals surface area (Å²) in [6.07, 6.45) is 2.02. The van der Waals surface area contributed by atoms with Crippen molar-refractivity contribution in [1.29, 1.82) is 0 Å². The number of carboxylic acid groups (broad SMARTS) is 1. The number of ketones is 1. The molecule has 12 nitrogen and oxygen atoms in total. The SMILES string of the molecule is CC#Cc1c(C)c(OC(=O)c2c(C)c(C)c(OC(=O)[C@@]3(O)C(C)=CC(=O)C=C3OC)c(Br)c2O)cc(C)c1C(=O)Oc1c(C)c(C)c(C(=O)O)c(C)c1C. The molecule has 0 aromatic heterocycles. The van der Waals surface area contributed by atoms with Gasteiger partial charge in [-0.2, -0.15) is 0 Å². The van der Waals surface area contributed by atoms with Gasteiger partial charge in [-0.15, -0.1) is 5.92 Å². The molecule has 0 amide bonds. The summed E-state index contributed by atoms with van der Waals surface area (Å²) in [6.45, 7) is 15.8. The Labute approximate surface area is 320 Å². The number of hydrogen-bond acceptors (Lipinski definition) is 11. The second-order valence-electron chi connectivity index (χ2n) is 12.9. The van der Waals surface area contributed by atoms with E-state index in [1.165, 1.54) is 33.9 Å². The topological polar surface area (TPSA) is 183 Å². The highest BCUT2D eigenvalue weighted by atomic mass is 79.9. The number of carboxylic acids is 1. The van der Waals surface area contributed by atoms with E-state index < -0.39 is 41.0 Å². The quantitative estimate of drug-likeness (QED) is 0.123. The molecule has 282 valence electrons. The molecule has 3 aromatic carbocycles. The van der Waals surface area contributed by atoms with Gasteiger partial charge in [-0.25, -0.2) is 19.2 Å². The molecule has 0 fully saturated rings. The normalized spacial score (nSPS) is 15.0. The first kappa shape index (κ1) is 41.1. The standard InChI is InChI=1S/C41H39BrO12/c1-12-13-27-25(10)28(14-17(2)30(27)38(47)53-35-22(7)19(4)31(37(45)46)20(5)23(35)8)52-39(48)32-21(6)24(9)36(33(42)34(32)44)54-40(49)41(50)18(3)15-26(43)16-29(41)51-11/h14-16,44,50H,1-11H3,(H,45,46)/t41-/m1/s1. The number of halogens is 1. The van der Waals surface area contributed by atoms with Gasteiger partial charge in [0.05, 0.1) is 18.2 Å². The highest BCUT2D eigenvalue weighted by Gasteiger charge is 2.48. The van der Waals surface area contributed by atoms with Gasteiger partial charge in [0.15, 0.2) is 11.5 Å². The smallest absolute Gasteiger partial charge is 0.356 e. The van der Waals surface area contributed by atoms with Gasteiger partial charge in [-0.05, 0) is 142 Å². The van der Waals surface area contributed by atoms with Crippen molar-refractivity contribution in [2.75, 3.05) is 7.11 Å². The maximum Gasteiger partial charge on any atom is 0.356 e. The van der Waals surface area contributed by atoms with Crippen LogP contribution in [0.2, 0.25) is 0 Å². The van der Waals surface area contributed by atoms with E-state index in [1.54, 1.807) is 48.5 Å². The van der Waals surface area contributed by atoms with Crippen molar-refractivity contribution in [2.45, 2.75) is 74.8 Å². The number of aromatic hydroxyl groups is 1. The Bertz CT molecular complexity index is 2280. The Kier molecular flexibility index (Phi) is 11.7. The third-order valence-corrected chi connectivity index (χ3v) is 10.5. The molecule has 0 bridgehead atoms. The largest absolute Gasteiger partial charge is 0.506 e. The molecule has 0 radical (unpaired) electrons. The minimum atomic E-state index is -2.44. The van der Waals surface area contributed by atoms with Crippen LogP contribution in [0.4, 0.5) is 0 Å². The molecule has 54 heavy (non-hydrogen) atoms. The lowest BCUT2D eigenvalue weighted by atomic mass is 9.87. The number of rotatable bonds is 8. The van der Waals surface area contributed by atoms with Crippen LogP contribution >= 0.6 is 15.9 Å². The molecular weight excluding hydrogens is 764 g/mol. The molecule has 0 saturated heterocycles. The lowest BCUT2D eigenvalue weighted by Gasteiger charge is -2.30. The zero-order chi connectivity index (χ0) is 40.7. The fourth-order valence-corrected chi connectivity index (χ4v) is 6.87. The number of aliphatic hydroxyl groups is 1. The first-order valence-corrected chi connectivity index (χ1v) is 17.2. The van der Waals surface area contributed by atoms with Crippen LogP contribution in [0.3, 0.4) is 0 Å². The van der Waals surface area contributed by atoms with Crippen molar-refractivity contribution in [3.05, 3.63) is 101 Å². The third-order valence-electron chi connectivity index (χ3n) is 9.75. The van der Waals surface area contributed by atoms with Gasteiger partial charge in [0.2, 0.25) is 5.60 Å². The summed E-state index contributed by atoms with van der Waals surface area (Å²) in [7, 11) is 1.18. The number of hydrogen-bond donors (Lipinski definition) is 3. The van der Waals surface area contributed by atoms with Crippen LogP contribution in [0.5, 0.6) is 23.0 Å². The van der Waals surface area contributed by atoms with E-state index in [-0.39, 0.29) is 66.4 Å². The summed E-state index contributed by atoms with van der Waals surface area (Å²) in [4.78, 5) is 64.9. The second-order valence-corrected chi connectivity index (χ2v) is 13.7. The molecule has 1 aliphatic carbocycles. The zero-order valence-electron chi connectivity index (χ0n) is 31.6. The fourth-order valence-electron chi connectivity index (χ4n) is 6.29. The number of ether oxygens (including phenoxy) is 4. The van der Waals surface area contributed by atoms with Crippen molar-refractivity contribution in [2.24, 2.45) is 0 Å². The average molecular weight is 804 g/mol. The Balaban J connectivity index is 1.72. The van der Waals surface area contributed by atoms with Crippen molar-refractivity contribution in [1.82, 2.24) is 0 Å². The summed E-state index contributed by atoms with van der Waals surface area (Å²) in [5, 5.41) is 32.3. The molecule has 3 N–H and O–H groups in total. The van der Waals surface area contributed by atoms with E-state index in [9.17, 15) is 39.3 Å². The number of methoxy groups -OCH3 is 1. The highest BCUT2D eigenvalue weighted by molar-refractivity contribution is 9.10. The van der Waals surface area contributed by atoms with E-state index >= 15 is 0 Å². The predicted molar refractivity (Wildman–Crippen MR) is 200 cm³/mol. The summed E-state index contributed by atoms with van der Waals surface area (Å²) >= 11 is 3.21. The molecule has 1 aliphatic rings. The van der Waals surface area contributed by atoms with Gasteiger partial charge in [0.1, 0.15) is 33.0 Å². The summed E-state index contributed by atoms with van der Waals surface area (Å²) < 4.78 is 22.2. The summed E-state index contributed by atoms with van der Waals surface area (Å²) in [5.41, 5.74) is 0.737. The van der Waals surface area contributed by atoms with E-state index in [1.807, 2.05) is 0 Å². The third kappa shape index (κ3) is 6.90. The minimum absolute atomic E-state index is 0.0370. The van der Waals surface area contributed by atoms with Crippen LogP contribution in [-0.2, 0) is 14.3 Å². The number of phenolic OH excluding ortho intramolecular Hbond substituents is 1. The number of esters is 3. The van der Waals surface area contributed by atoms with Gasteiger partial charge < -0.3 is 34.3 Å². The molecule has 4 rings (SSSR count). The van der Waals surface area contributed by atoms with Gasteiger partial charge in [-0.3, -0.25) is 4.79 Å². The van der Waals surface area contributed by atoms with Crippen molar-refractivity contribution >= 4 is 45.6 Å². The number of allylic oxidation sites excluding steroid dienone is 2. The molecule has 0 heterocycles. The molecule has 0 spiro atoms. The summed E-state index contributed by atoms with van der Waals surface area (Å²) in [5.74, 6) is 0.232. The maximum atomic E-state index is 13.8. The first-order valence-electron chi connectivity index (χ1n) is 16.4. The lowest BCUT2D eigenvalue weighted by Crippen LogP contribution is -2.47. The number of phenols is 1. The van der Waals surface area contributed by atoms with Gasteiger partial charge in [0.25, 0.3) is 0 Å². The zero-order valence-corrected chi connectivity index (χ0v) is 33.2. The minimum Gasteiger partial charge on any atom is -0.506 e. The van der Waals surface area contributed by atoms with E-state index in [4.69, 9.17) is 18.9 Å². The van der Waals surface area contributed by atoms with Crippen molar-refractivity contribution in [3.8, 4) is 34.8 Å². The van der Waals surface area contributed by atoms with Crippen LogP contribution in [-0.4, -0.2) is 57.7 Å². The Morgan fingerprint density at radius 3 is 1.81 bits per heavy atom. The molecule has 0 saturated carbocycles. The Morgan fingerprint density at radius 1 is 0.741 bits per heavy atom. The number of benzene rings is 3. The van der Waals surface area contributed by atoms with Crippen LogP contribution in [0.15, 0.2) is 34.0 Å². The molecule has 1 atom stereocenters. The fraction of sp³-hybridized carbons (Fsp3) is 0.293. The number of carbonyl (C=O) groups is 5. The molecule has 0 unspecified atom stereocenters. The van der Waals surface area contributed by atoms with Crippen LogP contribution in [0.25, 0.3) is 0 Å². The monoisotopic (exact) mass is 802 g/mol. The first-order chi connectivity index (χ1) is 25.1. The summed E-state index contributed by atoms with van der Waals surface area (Å²) in [6, 6.07) is 1.46. The van der Waals surface area contributed by atoms with Gasteiger partial charge in [0, 0.05) is 17.2 Å². The number of aryl methyl sites for hydroxylation is 1. The number of carbonyl (C=O) groups excluding carboxylic acids is 4. The van der Waals surface area contributed by atoms with Crippen molar-refractivity contribution in [3.63, 3.8) is 0 Å². The lowest BCUT2D eigenvalue weighted by molar-refractivity contribution is -0.151. The van der Waals surface area contributed by atoms with Crippen LogP contribution in [0.1, 0.15) is 95.0 Å². The maximum absolute atomic E-state index is 13.8.